The van der Waals surface area contributed by atoms with Gasteiger partial charge in [0.15, 0.2) is 0 Å². The largest absolute Gasteiger partial charge is 0.480 e. The zero-order valence-corrected chi connectivity index (χ0v) is 9.44. The number of ether oxygens (including phenoxy) is 1. The summed E-state index contributed by atoms with van der Waals surface area (Å²) in [6.07, 6.45) is 1.74. The fourth-order valence-electron chi connectivity index (χ4n) is 1.75. The smallest absolute Gasteiger partial charge is 0.323 e. The van der Waals surface area contributed by atoms with Gasteiger partial charge in [0.05, 0.1) is 12.6 Å². The quantitative estimate of drug-likeness (QED) is 0.630. The average molecular weight is 230 g/mol. The van der Waals surface area contributed by atoms with Crippen LogP contribution in [0.5, 0.6) is 0 Å². The zero-order valence-electron chi connectivity index (χ0n) is 9.44. The highest BCUT2D eigenvalue weighted by Gasteiger charge is 2.27. The first kappa shape index (κ1) is 12.9. The van der Waals surface area contributed by atoms with Gasteiger partial charge in [-0.1, -0.05) is 0 Å². The Morgan fingerprint density at radius 3 is 2.81 bits per heavy atom. The minimum absolute atomic E-state index is 0.142. The maximum absolute atomic E-state index is 11.9. The summed E-state index contributed by atoms with van der Waals surface area (Å²) in [6, 6.07) is -0.226. The normalized spacial score (nSPS) is 19.7. The lowest BCUT2D eigenvalue weighted by Crippen LogP contribution is -2.46. The van der Waals surface area contributed by atoms with E-state index in [4.69, 9.17) is 9.84 Å². The monoisotopic (exact) mass is 230 g/mol. The Morgan fingerprint density at radius 2 is 2.31 bits per heavy atom. The molecule has 1 atom stereocenters. The van der Waals surface area contributed by atoms with Crippen molar-refractivity contribution in [3.8, 4) is 0 Å². The van der Waals surface area contributed by atoms with Gasteiger partial charge in [-0.3, -0.25) is 9.59 Å². The summed E-state index contributed by atoms with van der Waals surface area (Å²) in [5.74, 6) is -1.14. The third kappa shape index (κ3) is 3.79. The molecule has 1 rings (SSSR count). The van der Waals surface area contributed by atoms with Crippen molar-refractivity contribution in [2.75, 3.05) is 33.4 Å². The Kier molecular flexibility index (Phi) is 5.21. The van der Waals surface area contributed by atoms with E-state index in [2.05, 4.69) is 5.32 Å². The molecule has 1 amide bonds. The second-order valence-corrected chi connectivity index (χ2v) is 3.80. The molecule has 6 nitrogen and oxygen atoms in total. The first-order valence-corrected chi connectivity index (χ1v) is 5.38. The van der Waals surface area contributed by atoms with Crippen molar-refractivity contribution in [3.05, 3.63) is 0 Å². The molecule has 0 aliphatic carbocycles. The molecular weight excluding hydrogens is 212 g/mol. The number of nitrogens with one attached hydrogen (secondary N) is 1. The van der Waals surface area contributed by atoms with E-state index in [1.54, 1.807) is 0 Å². The molecule has 0 aromatic rings. The molecule has 0 spiro atoms. The van der Waals surface area contributed by atoms with Crippen molar-refractivity contribution in [1.29, 1.82) is 0 Å². The van der Waals surface area contributed by atoms with Crippen molar-refractivity contribution in [2.45, 2.75) is 18.9 Å². The van der Waals surface area contributed by atoms with Gasteiger partial charge < -0.3 is 20.1 Å². The average Bonchev–Trinajstić information content (AvgIpc) is 2.76. The van der Waals surface area contributed by atoms with E-state index in [0.717, 1.165) is 19.4 Å². The molecule has 6 heteroatoms. The van der Waals surface area contributed by atoms with Gasteiger partial charge in [-0.2, -0.15) is 0 Å². The van der Waals surface area contributed by atoms with Gasteiger partial charge in [0.25, 0.3) is 0 Å². The number of carbonyl (C=O) groups excluding carboxylic acids is 1. The van der Waals surface area contributed by atoms with Crippen LogP contribution in [-0.4, -0.2) is 61.3 Å². The molecule has 92 valence electrons. The van der Waals surface area contributed by atoms with E-state index in [9.17, 15) is 9.59 Å². The molecule has 1 aliphatic rings. The first-order valence-electron chi connectivity index (χ1n) is 5.38. The number of hydrogen-bond donors (Lipinski definition) is 2. The molecule has 1 heterocycles. The van der Waals surface area contributed by atoms with E-state index in [1.165, 1.54) is 12.0 Å². The number of hydrogen-bond acceptors (Lipinski definition) is 4. The third-order valence-corrected chi connectivity index (χ3v) is 2.56. The van der Waals surface area contributed by atoms with Crippen LogP contribution in [0.1, 0.15) is 12.8 Å². The predicted octanol–water partition coefficient (Wildman–Crippen LogP) is -0.702. The van der Waals surface area contributed by atoms with Crippen LogP contribution in [-0.2, 0) is 14.3 Å². The maximum atomic E-state index is 11.9. The lowest BCUT2D eigenvalue weighted by atomic mass is 10.2. The number of carboxylic acids is 1. The van der Waals surface area contributed by atoms with Gasteiger partial charge in [0.1, 0.15) is 6.54 Å². The lowest BCUT2D eigenvalue weighted by molar-refractivity contribution is -0.145. The van der Waals surface area contributed by atoms with E-state index in [0.29, 0.717) is 13.2 Å². The van der Waals surface area contributed by atoms with Crippen LogP contribution >= 0.6 is 0 Å². The fourth-order valence-corrected chi connectivity index (χ4v) is 1.75. The molecule has 1 fully saturated rings. The van der Waals surface area contributed by atoms with E-state index in [-0.39, 0.29) is 18.5 Å². The molecule has 1 aliphatic heterocycles. The van der Waals surface area contributed by atoms with Crippen molar-refractivity contribution in [1.82, 2.24) is 10.2 Å². The molecule has 0 saturated carbocycles. The summed E-state index contributed by atoms with van der Waals surface area (Å²) in [5.41, 5.74) is 0. The number of carboxylic acid groups (broad SMARTS) is 1. The first-order chi connectivity index (χ1) is 7.65. The van der Waals surface area contributed by atoms with Crippen molar-refractivity contribution < 1.29 is 19.4 Å². The van der Waals surface area contributed by atoms with Crippen LogP contribution in [0.25, 0.3) is 0 Å². The zero-order chi connectivity index (χ0) is 12.0. The molecule has 16 heavy (non-hydrogen) atoms. The summed E-state index contributed by atoms with van der Waals surface area (Å²) in [7, 11) is 1.53. The second kappa shape index (κ2) is 6.44. The Balaban J connectivity index is 2.51. The second-order valence-electron chi connectivity index (χ2n) is 3.80. The summed E-state index contributed by atoms with van der Waals surface area (Å²) < 4.78 is 4.86. The van der Waals surface area contributed by atoms with Gasteiger partial charge in [0, 0.05) is 13.7 Å². The van der Waals surface area contributed by atoms with Crippen molar-refractivity contribution >= 4 is 11.9 Å². The lowest BCUT2D eigenvalue weighted by Gasteiger charge is -2.23. The highest BCUT2D eigenvalue weighted by molar-refractivity contribution is 5.85. The Bertz CT molecular complexity index is 251. The maximum Gasteiger partial charge on any atom is 0.323 e. The summed E-state index contributed by atoms with van der Waals surface area (Å²) >= 11 is 0. The summed E-state index contributed by atoms with van der Waals surface area (Å²) in [5, 5.41) is 11.8. The minimum atomic E-state index is -0.998. The van der Waals surface area contributed by atoms with Crippen LogP contribution in [0.15, 0.2) is 0 Å². The number of methoxy groups -OCH3 is 1. The van der Waals surface area contributed by atoms with Crippen LogP contribution in [0.3, 0.4) is 0 Å². The van der Waals surface area contributed by atoms with E-state index >= 15 is 0 Å². The van der Waals surface area contributed by atoms with Gasteiger partial charge in [-0.15, -0.1) is 0 Å². The highest BCUT2D eigenvalue weighted by Crippen LogP contribution is 2.08. The molecule has 0 radical (unpaired) electrons. The van der Waals surface area contributed by atoms with Gasteiger partial charge >= 0.3 is 5.97 Å². The number of carbonyl (C=O) groups is 2. The number of aliphatic carboxylic acids is 1. The summed E-state index contributed by atoms with van der Waals surface area (Å²) in [4.78, 5) is 23.9. The molecular formula is C10H18N2O4. The number of rotatable bonds is 6. The van der Waals surface area contributed by atoms with Crippen molar-refractivity contribution in [3.63, 3.8) is 0 Å². The molecule has 0 unspecified atom stereocenters. The minimum Gasteiger partial charge on any atom is -0.480 e. The Morgan fingerprint density at radius 1 is 1.56 bits per heavy atom. The number of nitrogens with zero attached hydrogens (tertiary/aromatic N) is 1. The number of amides is 1. The van der Waals surface area contributed by atoms with Gasteiger partial charge in [-0.25, -0.2) is 0 Å². The van der Waals surface area contributed by atoms with Crippen molar-refractivity contribution in [2.24, 2.45) is 0 Å². The summed E-state index contributed by atoms with van der Waals surface area (Å²) in [6.45, 7) is 1.23. The van der Waals surface area contributed by atoms with E-state index < -0.39 is 5.97 Å². The SMILES string of the molecule is COCCN(CC(=O)O)C(=O)[C@H]1CCCN1. The standard InChI is InChI=1S/C10H18N2O4/c1-16-6-5-12(7-9(13)14)10(15)8-3-2-4-11-8/h8,11H,2-7H2,1H3,(H,13,14)/t8-/m1/s1. The molecule has 0 aromatic carbocycles. The van der Waals surface area contributed by atoms with Crippen LogP contribution in [0.4, 0.5) is 0 Å². The Labute approximate surface area is 94.6 Å². The molecule has 0 aromatic heterocycles. The van der Waals surface area contributed by atoms with Crippen LogP contribution in [0, 0.1) is 0 Å². The highest BCUT2D eigenvalue weighted by atomic mass is 16.5. The molecule has 0 bridgehead atoms. The topological polar surface area (TPSA) is 78.9 Å². The van der Waals surface area contributed by atoms with Crippen LogP contribution in [0.2, 0.25) is 0 Å². The van der Waals surface area contributed by atoms with E-state index in [1.807, 2.05) is 0 Å². The predicted molar refractivity (Wildman–Crippen MR) is 57.1 cm³/mol. The van der Waals surface area contributed by atoms with Gasteiger partial charge in [-0.05, 0) is 19.4 Å². The molecule has 2 N–H and O–H groups in total. The fraction of sp³-hybridized carbons (Fsp3) is 0.800. The Hall–Kier alpha value is -1.14. The third-order valence-electron chi connectivity index (χ3n) is 2.56. The van der Waals surface area contributed by atoms with Crippen LogP contribution < -0.4 is 5.32 Å². The van der Waals surface area contributed by atoms with Gasteiger partial charge in [0.2, 0.25) is 5.91 Å². The molecule has 1 saturated heterocycles.